The lowest BCUT2D eigenvalue weighted by molar-refractivity contribution is 0.0945. The molecule has 1 aliphatic rings. The first-order valence-corrected chi connectivity index (χ1v) is 8.53. The topological polar surface area (TPSA) is 26.7 Å². The van der Waals surface area contributed by atoms with Crippen LogP contribution in [0.15, 0.2) is 54.6 Å². The predicted molar refractivity (Wildman–Crippen MR) is 109 cm³/mol. The Balaban J connectivity index is 0.00000156. The second kappa shape index (κ2) is 11.0. The van der Waals surface area contributed by atoms with Crippen molar-refractivity contribution in [1.29, 1.82) is 0 Å². The molecule has 1 aliphatic heterocycles. The average molecular weight is 404 g/mol. The van der Waals surface area contributed by atoms with Crippen molar-refractivity contribution >= 4 is 36.4 Å². The van der Waals surface area contributed by atoms with Crippen LogP contribution in [0.3, 0.4) is 0 Å². The number of aliphatic hydroxyl groups excluding tert-OH is 1. The summed E-state index contributed by atoms with van der Waals surface area (Å²) in [5.74, 6) is 0. The number of halogens is 3. The van der Waals surface area contributed by atoms with Gasteiger partial charge < -0.3 is 5.11 Å². The summed E-state index contributed by atoms with van der Waals surface area (Å²) >= 11 is 6.23. The van der Waals surface area contributed by atoms with E-state index in [1.165, 1.54) is 11.1 Å². The minimum atomic E-state index is 0. The fraction of sp³-hybridized carbons (Fsp3) is 0.368. The van der Waals surface area contributed by atoms with E-state index in [9.17, 15) is 0 Å². The van der Waals surface area contributed by atoms with Crippen molar-refractivity contribution in [2.24, 2.45) is 0 Å². The summed E-state index contributed by atoms with van der Waals surface area (Å²) in [4.78, 5) is 4.82. The van der Waals surface area contributed by atoms with Gasteiger partial charge in [0.2, 0.25) is 0 Å². The number of β-amino-alcohol motifs (C(OH)–C–C–N with tert-alkyl or cyclic N) is 1. The minimum absolute atomic E-state index is 0. The van der Waals surface area contributed by atoms with E-state index in [2.05, 4.69) is 52.3 Å². The highest BCUT2D eigenvalue weighted by atomic mass is 35.5. The Kier molecular flexibility index (Phi) is 9.80. The average Bonchev–Trinajstić information content (AvgIpc) is 2.58. The van der Waals surface area contributed by atoms with E-state index in [0.717, 1.165) is 37.7 Å². The molecule has 0 amide bonds. The highest BCUT2D eigenvalue weighted by molar-refractivity contribution is 6.30. The number of piperazine rings is 1. The van der Waals surface area contributed by atoms with Crippen molar-refractivity contribution in [3.05, 3.63) is 70.7 Å². The standard InChI is InChI=1S/C19H23ClN2O.2ClH/c20-18-8-4-7-17(15-18)19(16-5-2-1-3-6-16)22-11-9-21(10-12-22)13-14-23;;/h1-8,15,19,23H,9-14H2;2*1H. The van der Waals surface area contributed by atoms with E-state index in [-0.39, 0.29) is 37.5 Å². The quantitative estimate of drug-likeness (QED) is 0.820. The van der Waals surface area contributed by atoms with Gasteiger partial charge in [0.1, 0.15) is 0 Å². The molecule has 3 rings (SSSR count). The summed E-state index contributed by atoms with van der Waals surface area (Å²) in [6.07, 6.45) is 0. The summed E-state index contributed by atoms with van der Waals surface area (Å²) < 4.78 is 0. The Morgan fingerprint density at radius 2 is 1.52 bits per heavy atom. The number of hydrogen-bond acceptors (Lipinski definition) is 3. The van der Waals surface area contributed by atoms with Gasteiger partial charge >= 0.3 is 0 Å². The van der Waals surface area contributed by atoms with Gasteiger partial charge in [0.15, 0.2) is 0 Å². The lowest BCUT2D eigenvalue weighted by Crippen LogP contribution is -2.48. The second-order valence-electron chi connectivity index (χ2n) is 5.97. The third-order valence-electron chi connectivity index (χ3n) is 4.47. The Bertz CT molecular complexity index is 619. The zero-order valence-electron chi connectivity index (χ0n) is 14.1. The normalized spacial score (nSPS) is 16.6. The Labute approximate surface area is 167 Å². The maximum absolute atomic E-state index is 9.11. The largest absolute Gasteiger partial charge is 0.395 e. The molecule has 1 saturated heterocycles. The van der Waals surface area contributed by atoms with Gasteiger partial charge in [-0.25, -0.2) is 0 Å². The number of benzene rings is 2. The van der Waals surface area contributed by atoms with Crippen LogP contribution >= 0.6 is 36.4 Å². The molecule has 1 unspecified atom stereocenters. The van der Waals surface area contributed by atoms with Crippen LogP contribution in [0.5, 0.6) is 0 Å². The highest BCUT2D eigenvalue weighted by Gasteiger charge is 2.26. The molecule has 0 radical (unpaired) electrons. The SMILES string of the molecule is Cl.Cl.OCCN1CCN(C(c2ccccc2)c2cccc(Cl)c2)CC1. The molecule has 0 bridgehead atoms. The van der Waals surface area contributed by atoms with Crippen LogP contribution in [-0.2, 0) is 0 Å². The van der Waals surface area contributed by atoms with Gasteiger partial charge in [-0.05, 0) is 23.3 Å². The molecule has 1 heterocycles. The molecule has 2 aromatic carbocycles. The van der Waals surface area contributed by atoms with Gasteiger partial charge in [0, 0.05) is 37.7 Å². The summed E-state index contributed by atoms with van der Waals surface area (Å²) in [5, 5.41) is 9.89. The maximum Gasteiger partial charge on any atom is 0.0603 e. The molecule has 1 fully saturated rings. The third kappa shape index (κ3) is 5.85. The molecule has 0 aromatic heterocycles. The van der Waals surface area contributed by atoms with Crippen LogP contribution in [0, 0.1) is 0 Å². The Morgan fingerprint density at radius 3 is 2.12 bits per heavy atom. The van der Waals surface area contributed by atoms with E-state index in [0.29, 0.717) is 0 Å². The minimum Gasteiger partial charge on any atom is -0.395 e. The summed E-state index contributed by atoms with van der Waals surface area (Å²) in [6.45, 7) is 4.96. The molecule has 0 spiro atoms. The van der Waals surface area contributed by atoms with Crippen LogP contribution < -0.4 is 0 Å². The molecule has 1 atom stereocenters. The molecule has 138 valence electrons. The molecular formula is C19H25Cl3N2O. The Hall–Kier alpha value is -0.810. The first-order valence-electron chi connectivity index (χ1n) is 8.15. The number of rotatable bonds is 5. The van der Waals surface area contributed by atoms with E-state index >= 15 is 0 Å². The van der Waals surface area contributed by atoms with E-state index < -0.39 is 0 Å². The molecule has 1 N–H and O–H groups in total. The van der Waals surface area contributed by atoms with Crippen molar-refractivity contribution in [1.82, 2.24) is 9.80 Å². The van der Waals surface area contributed by atoms with Crippen LogP contribution in [0.25, 0.3) is 0 Å². The zero-order chi connectivity index (χ0) is 16.1. The lowest BCUT2D eigenvalue weighted by atomic mass is 9.96. The second-order valence-corrected chi connectivity index (χ2v) is 6.41. The smallest absolute Gasteiger partial charge is 0.0603 e. The van der Waals surface area contributed by atoms with Crippen LogP contribution in [0.2, 0.25) is 5.02 Å². The van der Waals surface area contributed by atoms with Crippen molar-refractivity contribution in [2.45, 2.75) is 6.04 Å². The third-order valence-corrected chi connectivity index (χ3v) is 4.70. The maximum atomic E-state index is 9.11. The van der Waals surface area contributed by atoms with Crippen molar-refractivity contribution in [3.8, 4) is 0 Å². The van der Waals surface area contributed by atoms with Crippen LogP contribution in [-0.4, -0.2) is 54.2 Å². The van der Waals surface area contributed by atoms with Gasteiger partial charge in [-0.2, -0.15) is 0 Å². The number of hydrogen-bond donors (Lipinski definition) is 1. The van der Waals surface area contributed by atoms with Crippen molar-refractivity contribution in [3.63, 3.8) is 0 Å². The van der Waals surface area contributed by atoms with Crippen LogP contribution in [0.1, 0.15) is 17.2 Å². The molecular weight excluding hydrogens is 379 g/mol. The van der Waals surface area contributed by atoms with E-state index in [1.54, 1.807) is 0 Å². The van der Waals surface area contributed by atoms with Gasteiger partial charge in [0.05, 0.1) is 12.6 Å². The van der Waals surface area contributed by atoms with Gasteiger partial charge in [-0.3, -0.25) is 9.80 Å². The van der Waals surface area contributed by atoms with Crippen molar-refractivity contribution < 1.29 is 5.11 Å². The first kappa shape index (κ1) is 22.2. The molecule has 0 saturated carbocycles. The number of aliphatic hydroxyl groups is 1. The monoisotopic (exact) mass is 402 g/mol. The molecule has 6 heteroatoms. The first-order chi connectivity index (χ1) is 11.3. The summed E-state index contributed by atoms with van der Waals surface area (Å²) in [6, 6.07) is 19.0. The van der Waals surface area contributed by atoms with Gasteiger partial charge in [-0.15, -0.1) is 24.8 Å². The van der Waals surface area contributed by atoms with Crippen molar-refractivity contribution in [2.75, 3.05) is 39.3 Å². The molecule has 0 aliphatic carbocycles. The molecule has 3 nitrogen and oxygen atoms in total. The summed E-state index contributed by atoms with van der Waals surface area (Å²) in [5.41, 5.74) is 2.53. The van der Waals surface area contributed by atoms with Gasteiger partial charge in [0.25, 0.3) is 0 Å². The van der Waals surface area contributed by atoms with E-state index in [1.807, 2.05) is 12.1 Å². The highest BCUT2D eigenvalue weighted by Crippen LogP contribution is 2.30. The predicted octanol–water partition coefficient (Wildman–Crippen LogP) is 3.88. The van der Waals surface area contributed by atoms with Crippen LogP contribution in [0.4, 0.5) is 0 Å². The summed E-state index contributed by atoms with van der Waals surface area (Å²) in [7, 11) is 0. The molecule has 2 aromatic rings. The number of nitrogens with zero attached hydrogens (tertiary/aromatic N) is 2. The Morgan fingerprint density at radius 1 is 0.880 bits per heavy atom. The fourth-order valence-corrected chi connectivity index (χ4v) is 3.51. The molecule has 25 heavy (non-hydrogen) atoms. The van der Waals surface area contributed by atoms with E-state index in [4.69, 9.17) is 16.7 Å². The zero-order valence-corrected chi connectivity index (χ0v) is 16.4. The lowest BCUT2D eigenvalue weighted by Gasteiger charge is -2.39. The fourth-order valence-electron chi connectivity index (χ4n) is 3.31. The van der Waals surface area contributed by atoms with Gasteiger partial charge in [-0.1, -0.05) is 54.1 Å².